The first-order valence-electron chi connectivity index (χ1n) is 7.72. The Morgan fingerprint density at radius 3 is 2.75 bits per heavy atom. The summed E-state index contributed by atoms with van der Waals surface area (Å²) in [5.41, 5.74) is 1.37. The van der Waals surface area contributed by atoms with Crippen molar-refractivity contribution >= 4 is 5.97 Å². The highest BCUT2D eigenvalue weighted by Crippen LogP contribution is 2.40. The number of carboxylic acid groups (broad SMARTS) is 1. The number of likely N-dealkylation sites (tertiary alicyclic amines) is 1. The fraction of sp³-hybridized carbons (Fsp3) is 0.588. The van der Waals surface area contributed by atoms with E-state index in [1.54, 1.807) is 0 Å². The fourth-order valence-electron chi connectivity index (χ4n) is 4.02. The zero-order valence-electron chi connectivity index (χ0n) is 11.9. The molecule has 3 rings (SSSR count). The average molecular weight is 273 g/mol. The molecule has 1 saturated heterocycles. The second kappa shape index (κ2) is 5.96. The van der Waals surface area contributed by atoms with Gasteiger partial charge in [-0.15, -0.1) is 0 Å². The summed E-state index contributed by atoms with van der Waals surface area (Å²) in [4.78, 5) is 13.5. The van der Waals surface area contributed by atoms with E-state index in [1.165, 1.54) is 24.9 Å². The molecule has 1 heterocycles. The van der Waals surface area contributed by atoms with Gasteiger partial charge in [0.15, 0.2) is 0 Å². The van der Waals surface area contributed by atoms with Crippen molar-refractivity contribution in [3.63, 3.8) is 0 Å². The largest absolute Gasteiger partial charge is 0.481 e. The molecule has 1 aromatic rings. The van der Waals surface area contributed by atoms with Crippen LogP contribution < -0.4 is 0 Å². The van der Waals surface area contributed by atoms with Gasteiger partial charge >= 0.3 is 5.97 Å². The molecule has 0 amide bonds. The molecule has 3 atom stereocenters. The van der Waals surface area contributed by atoms with E-state index in [0.29, 0.717) is 18.4 Å². The Bertz CT molecular complexity index is 459. The molecule has 3 nitrogen and oxygen atoms in total. The number of rotatable bonds is 4. The number of benzene rings is 1. The van der Waals surface area contributed by atoms with E-state index in [2.05, 4.69) is 35.2 Å². The zero-order chi connectivity index (χ0) is 13.9. The quantitative estimate of drug-likeness (QED) is 0.916. The number of hydrogen-bond donors (Lipinski definition) is 1. The molecule has 1 saturated carbocycles. The molecule has 20 heavy (non-hydrogen) atoms. The SMILES string of the molecule is O=C(O)CC1CCC2CCN(Cc3ccccc3)C2C1. The lowest BCUT2D eigenvalue weighted by atomic mass is 9.77. The molecule has 0 radical (unpaired) electrons. The van der Waals surface area contributed by atoms with Crippen molar-refractivity contribution < 1.29 is 9.90 Å². The fourth-order valence-corrected chi connectivity index (χ4v) is 4.02. The van der Waals surface area contributed by atoms with Crippen molar-refractivity contribution in [1.82, 2.24) is 4.90 Å². The number of aliphatic carboxylic acids is 1. The summed E-state index contributed by atoms with van der Waals surface area (Å²) in [6.45, 7) is 2.19. The van der Waals surface area contributed by atoms with Gasteiger partial charge in [0.2, 0.25) is 0 Å². The van der Waals surface area contributed by atoms with Gasteiger partial charge in [-0.25, -0.2) is 0 Å². The minimum absolute atomic E-state index is 0.350. The lowest BCUT2D eigenvalue weighted by Gasteiger charge is -2.35. The lowest BCUT2D eigenvalue weighted by molar-refractivity contribution is -0.138. The Hall–Kier alpha value is -1.35. The monoisotopic (exact) mass is 273 g/mol. The third kappa shape index (κ3) is 3.04. The summed E-state index contributed by atoms with van der Waals surface area (Å²) in [5, 5.41) is 8.99. The molecule has 2 fully saturated rings. The van der Waals surface area contributed by atoms with E-state index in [-0.39, 0.29) is 0 Å². The smallest absolute Gasteiger partial charge is 0.303 e. The van der Waals surface area contributed by atoms with Crippen LogP contribution in [0.1, 0.15) is 37.7 Å². The summed E-state index contributed by atoms with van der Waals surface area (Å²) in [6, 6.07) is 11.2. The maximum absolute atomic E-state index is 10.9. The van der Waals surface area contributed by atoms with Crippen molar-refractivity contribution in [3.05, 3.63) is 35.9 Å². The standard InChI is InChI=1S/C17H23NO2/c19-17(20)11-14-6-7-15-8-9-18(16(15)10-14)12-13-4-2-1-3-5-13/h1-5,14-16H,6-12H2,(H,19,20). The molecular weight excluding hydrogens is 250 g/mol. The Labute approximate surface area is 120 Å². The minimum Gasteiger partial charge on any atom is -0.481 e. The van der Waals surface area contributed by atoms with E-state index in [0.717, 1.165) is 25.3 Å². The van der Waals surface area contributed by atoms with E-state index >= 15 is 0 Å². The van der Waals surface area contributed by atoms with Crippen molar-refractivity contribution in [2.75, 3.05) is 6.54 Å². The van der Waals surface area contributed by atoms with Gasteiger partial charge in [-0.2, -0.15) is 0 Å². The van der Waals surface area contributed by atoms with Crippen LogP contribution in [0.4, 0.5) is 0 Å². The summed E-state index contributed by atoms with van der Waals surface area (Å²) < 4.78 is 0. The van der Waals surface area contributed by atoms with Gasteiger partial charge < -0.3 is 5.11 Å². The normalized spacial score (nSPS) is 30.1. The van der Waals surface area contributed by atoms with Crippen LogP contribution in [0.15, 0.2) is 30.3 Å². The van der Waals surface area contributed by atoms with Gasteiger partial charge in [-0.3, -0.25) is 9.69 Å². The zero-order valence-corrected chi connectivity index (χ0v) is 11.9. The van der Waals surface area contributed by atoms with Crippen LogP contribution in [0.5, 0.6) is 0 Å². The molecule has 3 heteroatoms. The Morgan fingerprint density at radius 1 is 1.20 bits per heavy atom. The third-order valence-corrected chi connectivity index (χ3v) is 5.01. The predicted octanol–water partition coefficient (Wildman–Crippen LogP) is 3.15. The maximum atomic E-state index is 10.9. The highest BCUT2D eigenvalue weighted by Gasteiger charge is 2.39. The number of nitrogens with zero attached hydrogens (tertiary/aromatic N) is 1. The molecule has 1 aliphatic carbocycles. The highest BCUT2D eigenvalue weighted by atomic mass is 16.4. The summed E-state index contributed by atoms with van der Waals surface area (Å²) in [5.74, 6) is 0.537. The van der Waals surface area contributed by atoms with Crippen LogP contribution in [-0.2, 0) is 11.3 Å². The minimum atomic E-state index is -0.638. The van der Waals surface area contributed by atoms with Crippen molar-refractivity contribution in [2.45, 2.75) is 44.7 Å². The molecule has 1 N–H and O–H groups in total. The maximum Gasteiger partial charge on any atom is 0.303 e. The van der Waals surface area contributed by atoms with Crippen LogP contribution in [-0.4, -0.2) is 28.6 Å². The summed E-state index contributed by atoms with van der Waals surface area (Å²) in [7, 11) is 0. The van der Waals surface area contributed by atoms with Gasteiger partial charge in [-0.05, 0) is 49.6 Å². The van der Waals surface area contributed by atoms with Gasteiger partial charge in [0.05, 0.1) is 0 Å². The molecule has 1 aliphatic heterocycles. The van der Waals surface area contributed by atoms with E-state index in [9.17, 15) is 4.79 Å². The van der Waals surface area contributed by atoms with E-state index in [1.807, 2.05) is 0 Å². The number of fused-ring (bicyclic) bond motifs is 1. The Kier molecular flexibility index (Phi) is 4.06. The first-order chi connectivity index (χ1) is 9.72. The van der Waals surface area contributed by atoms with E-state index < -0.39 is 5.97 Å². The van der Waals surface area contributed by atoms with Crippen LogP contribution in [0, 0.1) is 11.8 Å². The summed E-state index contributed by atoms with van der Waals surface area (Å²) >= 11 is 0. The second-order valence-electron chi connectivity index (χ2n) is 6.35. The Balaban J connectivity index is 1.63. The van der Waals surface area contributed by atoms with Crippen LogP contribution in [0.25, 0.3) is 0 Å². The average Bonchev–Trinajstić information content (AvgIpc) is 2.82. The molecular formula is C17H23NO2. The first kappa shape index (κ1) is 13.6. The number of carboxylic acids is 1. The topological polar surface area (TPSA) is 40.5 Å². The van der Waals surface area contributed by atoms with Gasteiger partial charge in [0, 0.05) is 19.0 Å². The third-order valence-electron chi connectivity index (χ3n) is 5.01. The van der Waals surface area contributed by atoms with E-state index in [4.69, 9.17) is 5.11 Å². The first-order valence-corrected chi connectivity index (χ1v) is 7.72. The van der Waals surface area contributed by atoms with Crippen molar-refractivity contribution in [1.29, 1.82) is 0 Å². The molecule has 0 aromatic heterocycles. The van der Waals surface area contributed by atoms with Crippen LogP contribution in [0.3, 0.4) is 0 Å². The lowest BCUT2D eigenvalue weighted by Crippen LogP contribution is -2.37. The molecule has 3 unspecified atom stereocenters. The molecule has 0 bridgehead atoms. The molecule has 2 aliphatic rings. The predicted molar refractivity (Wildman–Crippen MR) is 78.3 cm³/mol. The molecule has 1 aromatic carbocycles. The van der Waals surface area contributed by atoms with Crippen molar-refractivity contribution in [3.8, 4) is 0 Å². The number of hydrogen-bond acceptors (Lipinski definition) is 2. The van der Waals surface area contributed by atoms with Crippen molar-refractivity contribution in [2.24, 2.45) is 11.8 Å². The van der Waals surface area contributed by atoms with Crippen LogP contribution >= 0.6 is 0 Å². The molecule has 0 spiro atoms. The second-order valence-corrected chi connectivity index (χ2v) is 6.35. The van der Waals surface area contributed by atoms with Gasteiger partial charge in [-0.1, -0.05) is 30.3 Å². The highest BCUT2D eigenvalue weighted by molar-refractivity contribution is 5.67. The van der Waals surface area contributed by atoms with Crippen LogP contribution in [0.2, 0.25) is 0 Å². The number of carbonyl (C=O) groups is 1. The van der Waals surface area contributed by atoms with Gasteiger partial charge in [0.25, 0.3) is 0 Å². The van der Waals surface area contributed by atoms with Gasteiger partial charge in [0.1, 0.15) is 0 Å². The summed E-state index contributed by atoms with van der Waals surface area (Å²) in [6.07, 6.45) is 5.03. The molecule has 108 valence electrons. The Morgan fingerprint density at radius 2 is 2.00 bits per heavy atom.